The molecule has 3 nitrogen and oxygen atoms in total. The van der Waals surface area contributed by atoms with Gasteiger partial charge in [-0.3, -0.25) is 0 Å². The van der Waals surface area contributed by atoms with Crippen LogP contribution in [0, 0.1) is 23.0 Å². The molecule has 1 N–H and O–H groups in total. The van der Waals surface area contributed by atoms with Gasteiger partial charge in [-0.15, -0.1) is 0 Å². The van der Waals surface area contributed by atoms with Crippen LogP contribution in [0.1, 0.15) is 24.1 Å². The third kappa shape index (κ3) is 3.11. The van der Waals surface area contributed by atoms with Crippen molar-refractivity contribution in [2.75, 3.05) is 12.4 Å². The number of nitrogens with one attached hydrogen (secondary N) is 1. The zero-order valence-corrected chi connectivity index (χ0v) is 11.7. The van der Waals surface area contributed by atoms with Crippen LogP contribution in [0.2, 0.25) is 0 Å². The maximum Gasteiger partial charge on any atom is 0.143 e. The minimum atomic E-state index is -0.636. The molecule has 108 valence electrons. The predicted molar refractivity (Wildman–Crippen MR) is 76.1 cm³/mol. The number of nitrogens with zero attached hydrogens (tertiary/aromatic N) is 1. The van der Waals surface area contributed by atoms with E-state index >= 15 is 0 Å². The first-order chi connectivity index (χ1) is 10.1. The van der Waals surface area contributed by atoms with Crippen molar-refractivity contribution in [3.63, 3.8) is 0 Å². The Morgan fingerprint density at radius 2 is 2.00 bits per heavy atom. The summed E-state index contributed by atoms with van der Waals surface area (Å²) in [5.74, 6) is -0.773. The van der Waals surface area contributed by atoms with Crippen LogP contribution in [-0.4, -0.2) is 7.11 Å². The second kappa shape index (κ2) is 6.23. The molecule has 2 rings (SSSR count). The number of para-hydroxylation sites is 1. The number of hydrogen-bond donors (Lipinski definition) is 1. The van der Waals surface area contributed by atoms with Gasteiger partial charge >= 0.3 is 0 Å². The standard InChI is InChI=1S/C16H14F2N2O/c1-10(13-7-6-12(17)8-14(13)18)20-16-11(9-19)4-3-5-15(16)21-2/h3-8,10,20H,1-2H3. The molecule has 0 amide bonds. The smallest absolute Gasteiger partial charge is 0.143 e. The fraction of sp³-hybridized carbons (Fsp3) is 0.188. The van der Waals surface area contributed by atoms with E-state index < -0.39 is 17.7 Å². The maximum absolute atomic E-state index is 13.8. The highest BCUT2D eigenvalue weighted by Gasteiger charge is 2.16. The largest absolute Gasteiger partial charge is 0.495 e. The van der Waals surface area contributed by atoms with Gasteiger partial charge in [-0.05, 0) is 25.1 Å². The molecule has 0 bridgehead atoms. The molecule has 0 aliphatic carbocycles. The van der Waals surface area contributed by atoms with Gasteiger partial charge in [0.15, 0.2) is 0 Å². The van der Waals surface area contributed by atoms with E-state index in [-0.39, 0.29) is 0 Å². The van der Waals surface area contributed by atoms with Gasteiger partial charge in [0.2, 0.25) is 0 Å². The summed E-state index contributed by atoms with van der Waals surface area (Å²) < 4.78 is 32.0. The molecule has 2 aromatic rings. The van der Waals surface area contributed by atoms with Crippen LogP contribution in [0.25, 0.3) is 0 Å². The van der Waals surface area contributed by atoms with Crippen molar-refractivity contribution in [2.45, 2.75) is 13.0 Å². The number of nitriles is 1. The number of hydrogen-bond acceptors (Lipinski definition) is 3. The molecule has 0 saturated heterocycles. The number of anilines is 1. The first-order valence-corrected chi connectivity index (χ1v) is 6.35. The van der Waals surface area contributed by atoms with Crippen molar-refractivity contribution in [3.8, 4) is 11.8 Å². The average molecular weight is 288 g/mol. The van der Waals surface area contributed by atoms with Crippen molar-refractivity contribution in [3.05, 3.63) is 59.2 Å². The molecule has 0 radical (unpaired) electrons. The molecule has 2 aromatic carbocycles. The van der Waals surface area contributed by atoms with Gasteiger partial charge in [0.05, 0.1) is 24.4 Å². The van der Waals surface area contributed by atoms with Crippen LogP contribution in [0.4, 0.5) is 14.5 Å². The van der Waals surface area contributed by atoms with Crippen LogP contribution in [0.3, 0.4) is 0 Å². The summed E-state index contributed by atoms with van der Waals surface area (Å²) in [5, 5.41) is 12.2. The summed E-state index contributed by atoms with van der Waals surface area (Å²) >= 11 is 0. The first kappa shape index (κ1) is 14.8. The fourth-order valence-electron chi connectivity index (χ4n) is 2.09. The van der Waals surface area contributed by atoms with Crippen molar-refractivity contribution in [2.24, 2.45) is 0 Å². The molecule has 0 fully saturated rings. The van der Waals surface area contributed by atoms with E-state index in [0.29, 0.717) is 22.6 Å². The lowest BCUT2D eigenvalue weighted by atomic mass is 10.1. The highest BCUT2D eigenvalue weighted by atomic mass is 19.1. The lowest BCUT2D eigenvalue weighted by Gasteiger charge is -2.19. The van der Waals surface area contributed by atoms with Gasteiger partial charge in [-0.1, -0.05) is 12.1 Å². The number of halogens is 2. The average Bonchev–Trinajstić information content (AvgIpc) is 2.47. The number of benzene rings is 2. The quantitative estimate of drug-likeness (QED) is 0.924. The van der Waals surface area contributed by atoms with Gasteiger partial charge < -0.3 is 10.1 Å². The second-order valence-corrected chi connectivity index (χ2v) is 4.53. The van der Waals surface area contributed by atoms with E-state index in [1.165, 1.54) is 19.2 Å². The molecule has 0 saturated carbocycles. The van der Waals surface area contributed by atoms with E-state index in [1.54, 1.807) is 25.1 Å². The number of rotatable bonds is 4. The summed E-state index contributed by atoms with van der Waals surface area (Å²) in [6.07, 6.45) is 0. The highest BCUT2D eigenvalue weighted by Crippen LogP contribution is 2.32. The highest BCUT2D eigenvalue weighted by molar-refractivity contribution is 5.67. The maximum atomic E-state index is 13.8. The van der Waals surface area contributed by atoms with Crippen LogP contribution in [-0.2, 0) is 0 Å². The molecular weight excluding hydrogens is 274 g/mol. The van der Waals surface area contributed by atoms with Gasteiger partial charge in [0, 0.05) is 11.6 Å². The predicted octanol–water partition coefficient (Wildman–Crippen LogP) is 4.02. The summed E-state index contributed by atoms with van der Waals surface area (Å²) in [6.45, 7) is 1.73. The summed E-state index contributed by atoms with van der Waals surface area (Å²) in [6, 6.07) is 10.1. The van der Waals surface area contributed by atoms with Gasteiger partial charge in [0.25, 0.3) is 0 Å². The number of ether oxygens (including phenoxy) is 1. The Morgan fingerprint density at radius 3 is 2.62 bits per heavy atom. The number of methoxy groups -OCH3 is 1. The Morgan fingerprint density at radius 1 is 1.24 bits per heavy atom. The van der Waals surface area contributed by atoms with Crippen molar-refractivity contribution < 1.29 is 13.5 Å². The molecular formula is C16H14F2N2O. The van der Waals surface area contributed by atoms with Crippen molar-refractivity contribution in [1.82, 2.24) is 0 Å². The Kier molecular flexibility index (Phi) is 4.39. The third-order valence-electron chi connectivity index (χ3n) is 3.16. The van der Waals surface area contributed by atoms with Crippen molar-refractivity contribution >= 4 is 5.69 Å². The fourth-order valence-corrected chi connectivity index (χ4v) is 2.09. The van der Waals surface area contributed by atoms with Crippen LogP contribution >= 0.6 is 0 Å². The van der Waals surface area contributed by atoms with Crippen LogP contribution in [0.5, 0.6) is 5.75 Å². The van der Waals surface area contributed by atoms with E-state index in [9.17, 15) is 8.78 Å². The normalized spacial score (nSPS) is 11.6. The Labute approximate surface area is 121 Å². The summed E-state index contributed by atoms with van der Waals surface area (Å²) in [4.78, 5) is 0. The second-order valence-electron chi connectivity index (χ2n) is 4.53. The molecule has 21 heavy (non-hydrogen) atoms. The minimum Gasteiger partial charge on any atom is -0.495 e. The third-order valence-corrected chi connectivity index (χ3v) is 3.16. The molecule has 0 heterocycles. The van der Waals surface area contributed by atoms with Gasteiger partial charge in [0.1, 0.15) is 23.5 Å². The topological polar surface area (TPSA) is 45.0 Å². The summed E-state index contributed by atoms with van der Waals surface area (Å²) in [7, 11) is 1.49. The Hall–Kier alpha value is -2.61. The SMILES string of the molecule is COc1cccc(C#N)c1NC(C)c1ccc(F)cc1F. The minimum absolute atomic E-state index is 0.311. The van der Waals surface area contributed by atoms with E-state index in [2.05, 4.69) is 11.4 Å². The summed E-state index contributed by atoms with van der Waals surface area (Å²) in [5.41, 5.74) is 1.19. The lowest BCUT2D eigenvalue weighted by molar-refractivity contribution is 0.416. The monoisotopic (exact) mass is 288 g/mol. The van der Waals surface area contributed by atoms with Crippen LogP contribution in [0.15, 0.2) is 36.4 Å². The molecule has 1 unspecified atom stereocenters. The zero-order chi connectivity index (χ0) is 15.4. The van der Waals surface area contributed by atoms with Crippen molar-refractivity contribution in [1.29, 1.82) is 5.26 Å². The molecule has 0 aliphatic heterocycles. The lowest BCUT2D eigenvalue weighted by Crippen LogP contribution is -2.11. The van der Waals surface area contributed by atoms with E-state index in [4.69, 9.17) is 10.00 Å². The van der Waals surface area contributed by atoms with E-state index in [1.807, 2.05) is 0 Å². The molecule has 0 aliphatic rings. The molecule has 1 atom stereocenters. The van der Waals surface area contributed by atoms with Gasteiger partial charge in [-0.25, -0.2) is 8.78 Å². The Balaban J connectivity index is 2.36. The first-order valence-electron chi connectivity index (χ1n) is 6.35. The van der Waals surface area contributed by atoms with E-state index in [0.717, 1.165) is 6.07 Å². The molecule has 5 heteroatoms. The van der Waals surface area contributed by atoms with Gasteiger partial charge in [-0.2, -0.15) is 5.26 Å². The zero-order valence-electron chi connectivity index (χ0n) is 11.7. The Bertz CT molecular complexity index is 695. The molecule has 0 spiro atoms. The van der Waals surface area contributed by atoms with Crippen LogP contribution < -0.4 is 10.1 Å². The molecule has 0 aromatic heterocycles.